The molecule has 100 valence electrons. The molecule has 1 aliphatic carbocycles. The van der Waals surface area contributed by atoms with Gasteiger partial charge < -0.3 is 15.3 Å². The number of amides is 2. The molecule has 1 aliphatic rings. The van der Waals surface area contributed by atoms with Gasteiger partial charge in [0, 0.05) is 12.6 Å². The van der Waals surface area contributed by atoms with E-state index < -0.39 is 11.8 Å². The number of rotatable bonds is 4. The van der Waals surface area contributed by atoms with Crippen LogP contribution in [0, 0.1) is 11.3 Å². The van der Waals surface area contributed by atoms with E-state index in [-0.39, 0.29) is 25.7 Å². The third-order valence-corrected chi connectivity index (χ3v) is 3.14. The normalized spacial score (nSPS) is 15.8. The third kappa shape index (κ3) is 4.00. The zero-order valence-electron chi connectivity index (χ0n) is 10.4. The summed E-state index contributed by atoms with van der Waals surface area (Å²) in [6.07, 6.45) is 4.98. The first-order valence-corrected chi connectivity index (χ1v) is 6.27. The number of nitrogens with zero attached hydrogens (tertiary/aromatic N) is 2. The van der Waals surface area contributed by atoms with Crippen molar-refractivity contribution in [3.63, 3.8) is 0 Å². The molecule has 6 heteroatoms. The summed E-state index contributed by atoms with van der Waals surface area (Å²) in [6.45, 7) is -0.167. The van der Waals surface area contributed by atoms with Crippen LogP contribution in [0.25, 0.3) is 0 Å². The summed E-state index contributed by atoms with van der Waals surface area (Å²) in [6, 6.07) is 1.79. The smallest absolute Gasteiger partial charge is 0.312 e. The molecule has 2 N–H and O–H groups in total. The van der Waals surface area contributed by atoms with Gasteiger partial charge in [-0.15, -0.1) is 0 Å². The van der Waals surface area contributed by atoms with Gasteiger partial charge in [-0.05, 0) is 12.8 Å². The first-order valence-electron chi connectivity index (χ1n) is 6.27. The molecule has 0 atom stereocenters. The Labute approximate surface area is 107 Å². The molecule has 0 saturated heterocycles. The van der Waals surface area contributed by atoms with Crippen molar-refractivity contribution in [2.24, 2.45) is 0 Å². The molecule has 0 aromatic carbocycles. The highest BCUT2D eigenvalue weighted by atomic mass is 16.3. The second-order valence-electron chi connectivity index (χ2n) is 4.35. The number of nitrogens with one attached hydrogen (secondary N) is 1. The maximum atomic E-state index is 11.9. The van der Waals surface area contributed by atoms with E-state index in [2.05, 4.69) is 5.32 Å². The molecule has 0 radical (unpaired) electrons. The predicted octanol–water partition coefficient (Wildman–Crippen LogP) is -0.220. The minimum Gasteiger partial charge on any atom is -0.395 e. The van der Waals surface area contributed by atoms with Gasteiger partial charge in [-0.3, -0.25) is 9.59 Å². The summed E-state index contributed by atoms with van der Waals surface area (Å²) in [5.74, 6) is -1.42. The average Bonchev–Trinajstić information content (AvgIpc) is 2.42. The van der Waals surface area contributed by atoms with Crippen LogP contribution < -0.4 is 5.32 Å². The van der Waals surface area contributed by atoms with Crippen molar-refractivity contribution in [1.82, 2.24) is 10.2 Å². The van der Waals surface area contributed by atoms with E-state index >= 15 is 0 Å². The summed E-state index contributed by atoms with van der Waals surface area (Å²) in [7, 11) is 0. The molecule has 6 nitrogen and oxygen atoms in total. The molecule has 0 spiro atoms. The lowest BCUT2D eigenvalue weighted by Gasteiger charge is -2.33. The van der Waals surface area contributed by atoms with Crippen molar-refractivity contribution < 1.29 is 14.7 Å². The third-order valence-electron chi connectivity index (χ3n) is 3.14. The van der Waals surface area contributed by atoms with Crippen LogP contribution >= 0.6 is 0 Å². The van der Waals surface area contributed by atoms with Crippen LogP contribution in [0.2, 0.25) is 0 Å². The fourth-order valence-electron chi connectivity index (χ4n) is 2.28. The van der Waals surface area contributed by atoms with Crippen molar-refractivity contribution in [2.75, 3.05) is 19.7 Å². The van der Waals surface area contributed by atoms with Gasteiger partial charge in [0.1, 0.15) is 6.54 Å². The Kier molecular flexibility index (Phi) is 6.15. The van der Waals surface area contributed by atoms with Crippen molar-refractivity contribution in [2.45, 2.75) is 38.1 Å². The van der Waals surface area contributed by atoms with Gasteiger partial charge in [-0.1, -0.05) is 19.3 Å². The van der Waals surface area contributed by atoms with E-state index in [9.17, 15) is 9.59 Å². The Balaban J connectivity index is 2.62. The van der Waals surface area contributed by atoms with E-state index in [0.717, 1.165) is 32.1 Å². The molecule has 1 saturated carbocycles. The summed E-state index contributed by atoms with van der Waals surface area (Å²) < 4.78 is 0. The molecule has 1 fully saturated rings. The predicted molar refractivity (Wildman–Crippen MR) is 64.3 cm³/mol. The number of aliphatic hydroxyl groups is 1. The Hall–Kier alpha value is -1.61. The Morgan fingerprint density at radius 3 is 2.56 bits per heavy atom. The van der Waals surface area contributed by atoms with Crippen molar-refractivity contribution >= 4 is 11.8 Å². The second kappa shape index (κ2) is 7.67. The molecule has 18 heavy (non-hydrogen) atoms. The minimum atomic E-state index is -0.768. The number of aliphatic hydroxyl groups excluding tert-OH is 1. The standard InChI is InChI=1S/C12H19N3O3/c13-6-7-14-11(17)12(18)15(8-9-16)10-4-2-1-3-5-10/h10,16H,1-5,7-9H2,(H,14,17). The lowest BCUT2D eigenvalue weighted by Crippen LogP contribution is -2.49. The molecule has 0 bridgehead atoms. The lowest BCUT2D eigenvalue weighted by molar-refractivity contribution is -0.148. The van der Waals surface area contributed by atoms with Gasteiger partial charge in [-0.2, -0.15) is 5.26 Å². The number of carbonyl (C=O) groups excluding carboxylic acids is 2. The Bertz CT molecular complexity index is 332. The van der Waals surface area contributed by atoms with E-state index in [1.54, 1.807) is 6.07 Å². The van der Waals surface area contributed by atoms with Crippen LogP contribution in [0.4, 0.5) is 0 Å². The molecule has 0 aromatic rings. The molecule has 1 rings (SSSR count). The van der Waals surface area contributed by atoms with Gasteiger partial charge in [0.2, 0.25) is 0 Å². The SMILES string of the molecule is N#CCNC(=O)C(=O)N(CCO)C1CCCCC1. The fraction of sp³-hybridized carbons (Fsp3) is 0.750. The minimum absolute atomic E-state index is 0.0336. The fourth-order valence-corrected chi connectivity index (χ4v) is 2.28. The van der Waals surface area contributed by atoms with Gasteiger partial charge in [0.05, 0.1) is 12.7 Å². The molecule has 0 heterocycles. The van der Waals surface area contributed by atoms with Gasteiger partial charge >= 0.3 is 11.8 Å². The second-order valence-corrected chi connectivity index (χ2v) is 4.35. The Morgan fingerprint density at radius 2 is 2.00 bits per heavy atom. The van der Waals surface area contributed by atoms with Crippen LogP contribution in [-0.4, -0.2) is 47.6 Å². The molecular formula is C12H19N3O3. The summed E-state index contributed by atoms with van der Waals surface area (Å²) in [4.78, 5) is 24.9. The molecule has 0 unspecified atom stereocenters. The van der Waals surface area contributed by atoms with Crippen LogP contribution in [0.15, 0.2) is 0 Å². The van der Waals surface area contributed by atoms with Gasteiger partial charge in [0.15, 0.2) is 0 Å². The molecule has 0 aliphatic heterocycles. The molecule has 2 amide bonds. The Morgan fingerprint density at radius 1 is 1.33 bits per heavy atom. The van der Waals surface area contributed by atoms with Crippen LogP contribution in [0.1, 0.15) is 32.1 Å². The van der Waals surface area contributed by atoms with E-state index in [1.807, 2.05) is 0 Å². The van der Waals surface area contributed by atoms with E-state index in [4.69, 9.17) is 10.4 Å². The van der Waals surface area contributed by atoms with Crippen LogP contribution in [0.5, 0.6) is 0 Å². The van der Waals surface area contributed by atoms with Crippen LogP contribution in [0.3, 0.4) is 0 Å². The number of carbonyl (C=O) groups is 2. The zero-order chi connectivity index (χ0) is 13.4. The van der Waals surface area contributed by atoms with E-state index in [0.29, 0.717) is 0 Å². The first-order chi connectivity index (χ1) is 8.70. The largest absolute Gasteiger partial charge is 0.395 e. The first kappa shape index (κ1) is 14.5. The maximum absolute atomic E-state index is 11.9. The van der Waals surface area contributed by atoms with Crippen molar-refractivity contribution in [3.05, 3.63) is 0 Å². The lowest BCUT2D eigenvalue weighted by atomic mass is 9.94. The number of hydrogen-bond donors (Lipinski definition) is 2. The monoisotopic (exact) mass is 253 g/mol. The number of nitriles is 1. The highest BCUT2D eigenvalue weighted by molar-refractivity contribution is 6.35. The average molecular weight is 253 g/mol. The highest BCUT2D eigenvalue weighted by Crippen LogP contribution is 2.22. The molecule has 0 aromatic heterocycles. The van der Waals surface area contributed by atoms with Gasteiger partial charge in [0.25, 0.3) is 0 Å². The maximum Gasteiger partial charge on any atom is 0.312 e. The van der Waals surface area contributed by atoms with Crippen molar-refractivity contribution in [1.29, 1.82) is 5.26 Å². The quantitative estimate of drug-likeness (QED) is 0.535. The topological polar surface area (TPSA) is 93.4 Å². The number of hydrogen-bond acceptors (Lipinski definition) is 4. The highest BCUT2D eigenvalue weighted by Gasteiger charge is 2.28. The summed E-state index contributed by atoms with van der Waals surface area (Å²) in [5.41, 5.74) is 0. The van der Waals surface area contributed by atoms with Crippen LogP contribution in [-0.2, 0) is 9.59 Å². The summed E-state index contributed by atoms with van der Waals surface area (Å²) in [5, 5.41) is 19.6. The molecular weight excluding hydrogens is 234 g/mol. The van der Waals surface area contributed by atoms with Crippen molar-refractivity contribution in [3.8, 4) is 6.07 Å². The van der Waals surface area contributed by atoms with E-state index in [1.165, 1.54) is 4.90 Å². The summed E-state index contributed by atoms with van der Waals surface area (Å²) >= 11 is 0. The zero-order valence-corrected chi connectivity index (χ0v) is 10.4. The van der Waals surface area contributed by atoms with Gasteiger partial charge in [-0.25, -0.2) is 0 Å².